The van der Waals surface area contributed by atoms with Crippen LogP contribution in [0.2, 0.25) is 5.02 Å². The van der Waals surface area contributed by atoms with Crippen LogP contribution in [-0.4, -0.2) is 21.9 Å². The van der Waals surface area contributed by atoms with Gasteiger partial charge in [-0.2, -0.15) is 13.2 Å². The van der Waals surface area contributed by atoms with Crippen LogP contribution in [0.25, 0.3) is 10.9 Å². The number of aromatic nitrogens is 2. The highest BCUT2D eigenvalue weighted by molar-refractivity contribution is 6.31. The number of nitrogens with zero attached hydrogens (tertiary/aromatic N) is 2. The number of carbonyl (C=O) groups is 1. The number of hydrogen-bond donors (Lipinski definition) is 2. The molecule has 0 bridgehead atoms. The van der Waals surface area contributed by atoms with Crippen LogP contribution in [0.1, 0.15) is 47.4 Å². The van der Waals surface area contributed by atoms with Crippen LogP contribution in [-0.2, 0) is 12.7 Å². The second-order valence-electron chi connectivity index (χ2n) is 7.50. The molecule has 162 valence electrons. The number of alkyl halides is 3. The first kappa shape index (κ1) is 21.4. The first-order valence-corrected chi connectivity index (χ1v) is 10.4. The highest BCUT2D eigenvalue weighted by Gasteiger charge is 2.34. The summed E-state index contributed by atoms with van der Waals surface area (Å²) in [6.07, 6.45) is -0.268. The highest BCUT2D eigenvalue weighted by atomic mass is 35.5. The summed E-state index contributed by atoms with van der Waals surface area (Å²) in [6.45, 7) is -0.108. The smallest absolute Gasteiger partial charge is 0.367 e. The van der Waals surface area contributed by atoms with Gasteiger partial charge in [0.25, 0.3) is 5.91 Å². The molecule has 0 spiro atoms. The van der Waals surface area contributed by atoms with E-state index in [-0.39, 0.29) is 12.6 Å². The molecule has 2 aromatic carbocycles. The Morgan fingerprint density at radius 3 is 2.58 bits per heavy atom. The van der Waals surface area contributed by atoms with Gasteiger partial charge in [0.1, 0.15) is 5.82 Å². The van der Waals surface area contributed by atoms with Crippen molar-refractivity contribution in [2.24, 2.45) is 0 Å². The van der Waals surface area contributed by atoms with Gasteiger partial charge in [0.15, 0.2) is 5.82 Å². The molecule has 0 saturated heterocycles. The molecule has 0 aliphatic heterocycles. The summed E-state index contributed by atoms with van der Waals surface area (Å²) in [6, 6.07) is 10.2. The third kappa shape index (κ3) is 4.90. The van der Waals surface area contributed by atoms with E-state index in [4.69, 9.17) is 11.6 Å². The number of rotatable bonds is 5. The summed E-state index contributed by atoms with van der Waals surface area (Å²) >= 11 is 6.14. The molecule has 3 aromatic rings. The van der Waals surface area contributed by atoms with Crippen LogP contribution in [0.15, 0.2) is 42.5 Å². The van der Waals surface area contributed by atoms with Gasteiger partial charge in [-0.1, -0.05) is 36.6 Å². The number of hydrogen-bond acceptors (Lipinski definition) is 4. The minimum absolute atomic E-state index is 0.108. The van der Waals surface area contributed by atoms with E-state index >= 15 is 0 Å². The lowest BCUT2D eigenvalue weighted by Gasteiger charge is -2.16. The second kappa shape index (κ2) is 8.70. The van der Waals surface area contributed by atoms with Crippen molar-refractivity contribution < 1.29 is 18.0 Å². The van der Waals surface area contributed by atoms with E-state index < -0.39 is 23.2 Å². The summed E-state index contributed by atoms with van der Waals surface area (Å²) in [5.41, 5.74) is -0.781. The highest BCUT2D eigenvalue weighted by Crippen LogP contribution is 2.32. The van der Waals surface area contributed by atoms with E-state index in [0.29, 0.717) is 22.2 Å². The lowest BCUT2D eigenvalue weighted by atomic mass is 10.1. The Morgan fingerprint density at radius 2 is 1.84 bits per heavy atom. The Balaban J connectivity index is 1.59. The van der Waals surface area contributed by atoms with Gasteiger partial charge in [0, 0.05) is 16.5 Å². The van der Waals surface area contributed by atoms with Crippen LogP contribution >= 0.6 is 11.6 Å². The third-order valence-corrected chi connectivity index (χ3v) is 5.52. The number of carbonyl (C=O) groups excluding carboxylic acids is 1. The number of halogens is 4. The van der Waals surface area contributed by atoms with Crippen LogP contribution < -0.4 is 10.6 Å². The quantitative estimate of drug-likeness (QED) is 0.534. The molecule has 1 amide bonds. The Hall–Kier alpha value is -2.87. The molecule has 4 rings (SSSR count). The number of anilines is 1. The van der Waals surface area contributed by atoms with Crippen molar-refractivity contribution >= 4 is 34.2 Å². The van der Waals surface area contributed by atoms with Crippen molar-refractivity contribution in [3.05, 3.63) is 64.4 Å². The van der Waals surface area contributed by atoms with E-state index in [1.165, 1.54) is 12.1 Å². The lowest BCUT2D eigenvalue weighted by molar-refractivity contribution is -0.137. The lowest BCUT2D eigenvalue weighted by Crippen LogP contribution is -2.27. The Labute approximate surface area is 182 Å². The maximum Gasteiger partial charge on any atom is 0.417 e. The Kier molecular flexibility index (Phi) is 6.00. The molecule has 1 saturated carbocycles. The summed E-state index contributed by atoms with van der Waals surface area (Å²) in [7, 11) is 0. The predicted octanol–water partition coefficient (Wildman–Crippen LogP) is 5.59. The van der Waals surface area contributed by atoms with Gasteiger partial charge >= 0.3 is 6.18 Å². The largest absolute Gasteiger partial charge is 0.417 e. The van der Waals surface area contributed by atoms with Crippen molar-refractivity contribution in [2.45, 2.75) is 44.4 Å². The number of fused-ring (bicyclic) bond motifs is 1. The van der Waals surface area contributed by atoms with Gasteiger partial charge in [0.05, 0.1) is 23.2 Å². The number of benzene rings is 2. The molecular weight excluding hydrogens is 429 g/mol. The summed E-state index contributed by atoms with van der Waals surface area (Å²) in [4.78, 5) is 21.4. The van der Waals surface area contributed by atoms with E-state index in [1.54, 1.807) is 18.2 Å². The Morgan fingerprint density at radius 1 is 1.10 bits per heavy atom. The topological polar surface area (TPSA) is 66.9 Å². The van der Waals surface area contributed by atoms with E-state index in [9.17, 15) is 18.0 Å². The summed E-state index contributed by atoms with van der Waals surface area (Å²) in [5, 5.41) is 7.25. The van der Waals surface area contributed by atoms with Gasteiger partial charge in [-0.05, 0) is 43.2 Å². The van der Waals surface area contributed by atoms with Crippen LogP contribution in [0.3, 0.4) is 0 Å². The monoisotopic (exact) mass is 448 g/mol. The molecule has 1 aliphatic rings. The Bertz CT molecular complexity index is 1110. The number of nitrogens with one attached hydrogen (secondary N) is 2. The normalized spacial score (nSPS) is 14.7. The third-order valence-electron chi connectivity index (χ3n) is 5.28. The second-order valence-corrected chi connectivity index (χ2v) is 7.94. The van der Waals surface area contributed by atoms with E-state index in [1.807, 2.05) is 0 Å². The molecule has 0 unspecified atom stereocenters. The SMILES string of the molecule is O=C(NCc1nc(NC2CCCC2)c2cc(Cl)ccc2n1)c1ccccc1C(F)(F)F. The predicted molar refractivity (Wildman–Crippen MR) is 113 cm³/mol. The standard InChI is InChI=1S/C22H20ClF3N4O/c23-13-9-10-18-16(11-13)20(28-14-5-1-2-6-14)30-19(29-18)12-27-21(31)15-7-3-4-8-17(15)22(24,25)26/h3-4,7-11,14H,1-2,5-6,12H2,(H,27,31)(H,28,29,30). The summed E-state index contributed by atoms with van der Waals surface area (Å²) in [5.74, 6) is 0.0746. The summed E-state index contributed by atoms with van der Waals surface area (Å²) < 4.78 is 39.6. The van der Waals surface area contributed by atoms with Crippen molar-refractivity contribution in [3.63, 3.8) is 0 Å². The number of amides is 1. The molecule has 1 fully saturated rings. The maximum absolute atomic E-state index is 13.2. The molecule has 0 atom stereocenters. The molecule has 0 radical (unpaired) electrons. The van der Waals surface area contributed by atoms with Crippen LogP contribution in [0.4, 0.5) is 19.0 Å². The minimum atomic E-state index is -4.62. The zero-order chi connectivity index (χ0) is 22.0. The molecule has 5 nitrogen and oxygen atoms in total. The average molecular weight is 449 g/mol. The van der Waals surface area contributed by atoms with Gasteiger partial charge in [-0.15, -0.1) is 0 Å². The molecule has 31 heavy (non-hydrogen) atoms. The fourth-order valence-electron chi connectivity index (χ4n) is 3.78. The van der Waals surface area contributed by atoms with Gasteiger partial charge in [-0.25, -0.2) is 9.97 Å². The van der Waals surface area contributed by atoms with Gasteiger partial charge in [-0.3, -0.25) is 4.79 Å². The maximum atomic E-state index is 13.2. The first-order valence-electron chi connectivity index (χ1n) is 9.98. The van der Waals surface area contributed by atoms with E-state index in [2.05, 4.69) is 20.6 Å². The van der Waals surface area contributed by atoms with Crippen molar-refractivity contribution in [1.82, 2.24) is 15.3 Å². The zero-order valence-electron chi connectivity index (χ0n) is 16.5. The van der Waals surface area contributed by atoms with Crippen molar-refractivity contribution in [2.75, 3.05) is 5.32 Å². The molecule has 1 aliphatic carbocycles. The molecule has 2 N–H and O–H groups in total. The average Bonchev–Trinajstić information content (AvgIpc) is 3.25. The fraction of sp³-hybridized carbons (Fsp3) is 0.318. The minimum Gasteiger partial charge on any atom is -0.367 e. The van der Waals surface area contributed by atoms with Gasteiger partial charge in [0.2, 0.25) is 0 Å². The van der Waals surface area contributed by atoms with Gasteiger partial charge < -0.3 is 10.6 Å². The van der Waals surface area contributed by atoms with Crippen LogP contribution in [0, 0.1) is 0 Å². The zero-order valence-corrected chi connectivity index (χ0v) is 17.2. The van der Waals surface area contributed by atoms with Crippen molar-refractivity contribution in [1.29, 1.82) is 0 Å². The first-order chi connectivity index (χ1) is 14.8. The molecular formula is C22H20ClF3N4O. The van der Waals surface area contributed by atoms with Crippen molar-refractivity contribution in [3.8, 4) is 0 Å². The molecule has 1 aromatic heterocycles. The molecule has 9 heteroatoms. The fourth-order valence-corrected chi connectivity index (χ4v) is 3.96. The van der Waals surface area contributed by atoms with E-state index in [0.717, 1.165) is 43.2 Å². The molecule has 1 heterocycles. The van der Waals surface area contributed by atoms with Crippen LogP contribution in [0.5, 0.6) is 0 Å².